The molecule has 3 atom stereocenters. The van der Waals surface area contributed by atoms with Gasteiger partial charge in [-0.2, -0.15) is 8.78 Å². The van der Waals surface area contributed by atoms with E-state index in [1.807, 2.05) is 0 Å². The van der Waals surface area contributed by atoms with Gasteiger partial charge in [-0.3, -0.25) is 4.79 Å². The van der Waals surface area contributed by atoms with Gasteiger partial charge in [0.1, 0.15) is 0 Å². The SMILES string of the molecule is COc1cc(C(=O)OCC(=O)N[C@@H]2CCC[C@@H](C)[C@H]2C)ccc1OC(F)F. The molecule has 2 rings (SSSR count). The van der Waals surface area contributed by atoms with Gasteiger partial charge in [-0.25, -0.2) is 4.79 Å². The number of nitrogens with one attached hydrogen (secondary N) is 1. The van der Waals surface area contributed by atoms with Gasteiger partial charge in [0.25, 0.3) is 5.91 Å². The van der Waals surface area contributed by atoms with Crippen LogP contribution in [0.15, 0.2) is 18.2 Å². The van der Waals surface area contributed by atoms with Crippen LogP contribution >= 0.6 is 0 Å². The number of hydrogen-bond donors (Lipinski definition) is 1. The van der Waals surface area contributed by atoms with E-state index >= 15 is 0 Å². The Morgan fingerprint density at radius 3 is 2.63 bits per heavy atom. The third-order valence-corrected chi connectivity index (χ3v) is 5.00. The number of halogens is 2. The summed E-state index contributed by atoms with van der Waals surface area (Å²) in [5.74, 6) is -0.435. The van der Waals surface area contributed by atoms with Crippen molar-refractivity contribution in [3.8, 4) is 11.5 Å². The summed E-state index contributed by atoms with van der Waals surface area (Å²) in [7, 11) is 1.27. The van der Waals surface area contributed by atoms with Crippen LogP contribution in [0, 0.1) is 11.8 Å². The number of alkyl halides is 2. The largest absolute Gasteiger partial charge is 0.493 e. The molecule has 150 valence electrons. The number of benzene rings is 1. The lowest BCUT2D eigenvalue weighted by Crippen LogP contribution is -2.45. The Kier molecular flexibility index (Phi) is 7.38. The van der Waals surface area contributed by atoms with Crippen LogP contribution in [0.3, 0.4) is 0 Å². The van der Waals surface area contributed by atoms with Crippen LogP contribution in [-0.4, -0.2) is 38.2 Å². The average molecular weight is 385 g/mol. The van der Waals surface area contributed by atoms with E-state index < -0.39 is 19.2 Å². The van der Waals surface area contributed by atoms with Gasteiger partial charge in [-0.05, 0) is 36.5 Å². The van der Waals surface area contributed by atoms with Crippen molar-refractivity contribution in [1.82, 2.24) is 5.32 Å². The normalized spacial score (nSPS) is 22.2. The van der Waals surface area contributed by atoms with E-state index in [2.05, 4.69) is 23.9 Å². The minimum Gasteiger partial charge on any atom is -0.493 e. The Hall–Kier alpha value is -2.38. The first-order valence-corrected chi connectivity index (χ1v) is 8.91. The molecule has 1 fully saturated rings. The third kappa shape index (κ3) is 5.80. The van der Waals surface area contributed by atoms with Gasteiger partial charge < -0.3 is 19.5 Å². The van der Waals surface area contributed by atoms with Gasteiger partial charge in [-0.1, -0.05) is 26.7 Å². The Labute approximate surface area is 157 Å². The highest BCUT2D eigenvalue weighted by Gasteiger charge is 2.28. The van der Waals surface area contributed by atoms with Crippen molar-refractivity contribution in [2.75, 3.05) is 13.7 Å². The predicted octanol–water partition coefficient (Wildman–Crippen LogP) is 3.39. The highest BCUT2D eigenvalue weighted by molar-refractivity contribution is 5.92. The van der Waals surface area contributed by atoms with Crippen molar-refractivity contribution in [2.24, 2.45) is 11.8 Å². The Bertz CT molecular complexity index is 668. The quantitative estimate of drug-likeness (QED) is 0.729. The summed E-state index contributed by atoms with van der Waals surface area (Å²) >= 11 is 0. The number of carbonyl (C=O) groups is 2. The molecular weight excluding hydrogens is 360 g/mol. The summed E-state index contributed by atoms with van der Waals surface area (Å²) in [4.78, 5) is 24.2. The Morgan fingerprint density at radius 1 is 1.22 bits per heavy atom. The van der Waals surface area contributed by atoms with Crippen LogP contribution in [0.25, 0.3) is 0 Å². The minimum atomic E-state index is -3.01. The maximum Gasteiger partial charge on any atom is 0.387 e. The van der Waals surface area contributed by atoms with E-state index in [1.54, 1.807) is 0 Å². The first-order chi connectivity index (χ1) is 12.8. The lowest BCUT2D eigenvalue weighted by atomic mass is 9.78. The number of esters is 1. The number of rotatable bonds is 7. The fourth-order valence-electron chi connectivity index (χ4n) is 3.24. The second kappa shape index (κ2) is 9.53. The third-order valence-electron chi connectivity index (χ3n) is 5.00. The molecule has 1 aliphatic rings. The van der Waals surface area contributed by atoms with E-state index in [-0.39, 0.29) is 29.0 Å². The van der Waals surface area contributed by atoms with E-state index in [1.165, 1.54) is 25.3 Å². The molecule has 0 bridgehead atoms. The summed E-state index contributed by atoms with van der Waals surface area (Å²) in [6, 6.07) is 3.76. The number of amides is 1. The molecule has 1 aliphatic carbocycles. The molecule has 1 saturated carbocycles. The van der Waals surface area contributed by atoms with Gasteiger partial charge in [0.15, 0.2) is 18.1 Å². The van der Waals surface area contributed by atoms with E-state index in [9.17, 15) is 18.4 Å². The van der Waals surface area contributed by atoms with Crippen molar-refractivity contribution in [1.29, 1.82) is 0 Å². The predicted molar refractivity (Wildman–Crippen MR) is 94.0 cm³/mol. The molecule has 1 amide bonds. The minimum absolute atomic E-state index is 0.0285. The zero-order chi connectivity index (χ0) is 20.0. The molecule has 0 radical (unpaired) electrons. The fraction of sp³-hybridized carbons (Fsp3) is 0.579. The van der Waals surface area contributed by atoms with Gasteiger partial charge in [0.2, 0.25) is 0 Å². The first kappa shape index (κ1) is 20.9. The lowest BCUT2D eigenvalue weighted by Gasteiger charge is -2.34. The molecular formula is C19H25F2NO5. The molecule has 1 aromatic rings. The Morgan fingerprint density at radius 2 is 1.96 bits per heavy atom. The van der Waals surface area contributed by atoms with Gasteiger partial charge in [0.05, 0.1) is 12.7 Å². The molecule has 0 aliphatic heterocycles. The van der Waals surface area contributed by atoms with Crippen molar-refractivity contribution >= 4 is 11.9 Å². The highest BCUT2D eigenvalue weighted by Crippen LogP contribution is 2.30. The molecule has 1 N–H and O–H groups in total. The second-order valence-electron chi connectivity index (χ2n) is 6.76. The number of methoxy groups -OCH3 is 1. The van der Waals surface area contributed by atoms with Crippen LogP contribution in [-0.2, 0) is 9.53 Å². The van der Waals surface area contributed by atoms with Crippen molar-refractivity contribution in [3.63, 3.8) is 0 Å². The monoisotopic (exact) mass is 385 g/mol. The van der Waals surface area contributed by atoms with Crippen LogP contribution in [0.5, 0.6) is 11.5 Å². The van der Waals surface area contributed by atoms with Crippen molar-refractivity contribution in [3.05, 3.63) is 23.8 Å². The van der Waals surface area contributed by atoms with Crippen molar-refractivity contribution in [2.45, 2.75) is 45.8 Å². The summed E-state index contributed by atoms with van der Waals surface area (Å²) in [5.41, 5.74) is 0.0703. The fourth-order valence-corrected chi connectivity index (χ4v) is 3.24. The molecule has 27 heavy (non-hydrogen) atoms. The molecule has 0 unspecified atom stereocenters. The summed E-state index contributed by atoms with van der Waals surface area (Å²) < 4.78 is 38.9. The van der Waals surface area contributed by atoms with Gasteiger partial charge in [-0.15, -0.1) is 0 Å². The van der Waals surface area contributed by atoms with E-state index in [0.29, 0.717) is 11.8 Å². The van der Waals surface area contributed by atoms with Gasteiger partial charge in [0, 0.05) is 6.04 Å². The van der Waals surface area contributed by atoms with Crippen LogP contribution in [0.2, 0.25) is 0 Å². The number of ether oxygens (including phenoxy) is 3. The van der Waals surface area contributed by atoms with Crippen LogP contribution < -0.4 is 14.8 Å². The molecule has 0 aromatic heterocycles. The Balaban J connectivity index is 1.90. The standard InChI is InChI=1S/C19H25F2NO5/c1-11-5-4-6-14(12(11)2)22-17(23)10-26-18(24)13-7-8-15(27-19(20)21)16(9-13)25-3/h7-9,11-12,14,19H,4-6,10H2,1-3H3,(H,22,23)/t11-,12-,14-/m1/s1. The molecule has 1 aromatic carbocycles. The highest BCUT2D eigenvalue weighted by atomic mass is 19.3. The molecule has 8 heteroatoms. The van der Waals surface area contributed by atoms with E-state index in [0.717, 1.165) is 19.3 Å². The lowest BCUT2D eigenvalue weighted by molar-refractivity contribution is -0.125. The summed E-state index contributed by atoms with van der Waals surface area (Å²) in [5, 5.41) is 2.91. The van der Waals surface area contributed by atoms with Crippen LogP contribution in [0.1, 0.15) is 43.5 Å². The number of hydrogen-bond acceptors (Lipinski definition) is 5. The smallest absolute Gasteiger partial charge is 0.387 e. The topological polar surface area (TPSA) is 73.9 Å². The molecule has 0 heterocycles. The summed E-state index contributed by atoms with van der Waals surface area (Å²) in [6.07, 6.45) is 3.12. The molecule has 0 spiro atoms. The zero-order valence-electron chi connectivity index (χ0n) is 15.7. The first-order valence-electron chi connectivity index (χ1n) is 8.91. The maximum atomic E-state index is 12.3. The van der Waals surface area contributed by atoms with Crippen molar-refractivity contribution < 1.29 is 32.6 Å². The maximum absolute atomic E-state index is 12.3. The zero-order valence-corrected chi connectivity index (χ0v) is 15.7. The number of carbonyl (C=O) groups excluding carboxylic acids is 2. The molecule has 0 saturated heterocycles. The molecule has 6 nitrogen and oxygen atoms in total. The average Bonchev–Trinajstić information content (AvgIpc) is 2.63. The summed E-state index contributed by atoms with van der Waals surface area (Å²) in [6.45, 7) is 0.854. The van der Waals surface area contributed by atoms with E-state index in [4.69, 9.17) is 9.47 Å². The van der Waals surface area contributed by atoms with Gasteiger partial charge >= 0.3 is 12.6 Å². The van der Waals surface area contributed by atoms with Crippen LogP contribution in [0.4, 0.5) is 8.78 Å². The second-order valence-corrected chi connectivity index (χ2v) is 6.76.